The zero-order chi connectivity index (χ0) is 39.3. The van der Waals surface area contributed by atoms with Crippen molar-refractivity contribution < 1.29 is 64.4 Å². The maximum atomic E-state index is 12.8. The monoisotopic (exact) mass is 859 g/mol. The van der Waals surface area contributed by atoms with Gasteiger partial charge in [0.15, 0.2) is 0 Å². The van der Waals surface area contributed by atoms with E-state index in [1.54, 1.807) is 0 Å². The van der Waals surface area contributed by atoms with Crippen LogP contribution in [0.15, 0.2) is 103 Å². The van der Waals surface area contributed by atoms with Gasteiger partial charge in [0.2, 0.25) is 0 Å². The molecule has 1 aromatic heterocycles. The average Bonchev–Trinajstić information content (AvgIpc) is 3.22. The fourth-order valence-electron chi connectivity index (χ4n) is 5.09. The number of carbonyl (C=O) groups excluding carboxylic acids is 3. The molecule has 0 fully saturated rings. The Balaban J connectivity index is 0.000000694. The Bertz CT molecular complexity index is 1710. The molecule has 0 saturated heterocycles. The van der Waals surface area contributed by atoms with Gasteiger partial charge in [-0.25, -0.2) is 9.78 Å². The van der Waals surface area contributed by atoms with Gasteiger partial charge in [-0.3, -0.25) is 19.7 Å². The van der Waals surface area contributed by atoms with Crippen LogP contribution < -0.4 is 37.3 Å². The molecular formula is C38H47N6O9PTc. The Morgan fingerprint density at radius 1 is 0.782 bits per heavy atom. The molecule has 0 spiro atoms. The van der Waals surface area contributed by atoms with Crippen LogP contribution >= 0.6 is 7.92 Å². The summed E-state index contributed by atoms with van der Waals surface area (Å²) in [6, 6.07) is 30.9. The Hall–Kier alpha value is -4.63. The van der Waals surface area contributed by atoms with Gasteiger partial charge in [-0.15, -0.1) is 0 Å². The second-order valence-electron chi connectivity index (χ2n) is 12.0. The number of aromatic nitrogens is 1. The first kappa shape index (κ1) is 46.5. The van der Waals surface area contributed by atoms with Crippen LogP contribution in [0.2, 0.25) is 0 Å². The smallest absolute Gasteiger partial charge is 0.328 e. The standard InChI is InChI=1S/C32H33N5O4P.C6H13NO5.Tc/c1-41-32(40)28(36-31(39)24-17-20-29(37-33)35-22-24)14-8-9-21-34-30(38)23-15-18-27(19-16-23)42(25-10-4-2-5-11-25)26-12-6-3-7-13-26;8-2-6(3-9,4-10)7-1-5(11)12;/h2-7,10-13,15-20,22,28,33H,8-9,14,21H2,1H3,(H,34,38)(H2,35,36,37,39);7-10H,1-4H2,(H,11,12);/q-1;;/p+1. The fourth-order valence-corrected chi connectivity index (χ4v) is 7.64. The topological polar surface area (TPSA) is 243 Å². The average molecular weight is 861 g/mol. The molecule has 9 N–H and O–H groups in total. The molecule has 3 aromatic carbocycles. The number of carboxylic acids is 1. The SMILES string of the molecule is COC(=O)C(CCCCNC(=O)c1ccc([PH+](c2ccccc2)c2ccccc2)cc1)NC(=O)c1ccc(N[NH-])nc1.O=C(O)CNC(CO)(CO)CO.[Tc]. The summed E-state index contributed by atoms with van der Waals surface area (Å²) in [6.45, 7) is -1.55. The summed E-state index contributed by atoms with van der Waals surface area (Å²) in [5.74, 6) is 5.10. The van der Waals surface area contributed by atoms with Crippen molar-refractivity contribution in [2.45, 2.75) is 30.8 Å². The van der Waals surface area contributed by atoms with Gasteiger partial charge in [-0.1, -0.05) is 36.4 Å². The van der Waals surface area contributed by atoms with E-state index in [9.17, 15) is 19.2 Å². The van der Waals surface area contributed by atoms with Crippen LogP contribution in [0.25, 0.3) is 5.84 Å². The predicted octanol–water partition coefficient (Wildman–Crippen LogP) is 1.20. The van der Waals surface area contributed by atoms with E-state index in [0.717, 1.165) is 0 Å². The Morgan fingerprint density at radius 2 is 1.33 bits per heavy atom. The number of aliphatic hydroxyl groups excluding tert-OH is 3. The minimum absolute atomic E-state index is 0. The van der Waals surface area contributed by atoms with E-state index >= 15 is 0 Å². The van der Waals surface area contributed by atoms with Gasteiger partial charge >= 0.3 is 11.9 Å². The van der Waals surface area contributed by atoms with Crippen LogP contribution in [0.3, 0.4) is 0 Å². The van der Waals surface area contributed by atoms with Crippen molar-refractivity contribution in [3.8, 4) is 0 Å². The Kier molecular flexibility index (Phi) is 20.9. The molecule has 1 unspecified atom stereocenters. The number of aliphatic hydroxyl groups is 3. The van der Waals surface area contributed by atoms with E-state index in [1.165, 1.54) is 41.4 Å². The van der Waals surface area contributed by atoms with E-state index in [4.69, 9.17) is 31.0 Å². The molecule has 0 aliphatic carbocycles. The molecule has 15 nitrogen and oxygen atoms in total. The van der Waals surface area contributed by atoms with Gasteiger partial charge in [0.25, 0.3) is 11.8 Å². The number of rotatable bonds is 19. The summed E-state index contributed by atoms with van der Waals surface area (Å²) < 4.78 is 4.85. The number of amides is 2. The van der Waals surface area contributed by atoms with Gasteiger partial charge < -0.3 is 47.1 Å². The van der Waals surface area contributed by atoms with E-state index in [1.807, 2.05) is 36.4 Å². The summed E-state index contributed by atoms with van der Waals surface area (Å²) >= 11 is 0. The van der Waals surface area contributed by atoms with Gasteiger partial charge in [0.1, 0.15) is 27.8 Å². The number of carboxylic acid groups (broad SMARTS) is 1. The number of hydrogen-bond acceptors (Lipinski definition) is 11. The number of anilines is 1. The molecule has 4 rings (SSSR count). The van der Waals surface area contributed by atoms with Crippen molar-refractivity contribution in [2.24, 2.45) is 0 Å². The summed E-state index contributed by atoms with van der Waals surface area (Å²) in [7, 11) is 0.0680. The zero-order valence-electron chi connectivity index (χ0n) is 30.2. The summed E-state index contributed by atoms with van der Waals surface area (Å²) in [5, 5.41) is 46.1. The number of carbonyl (C=O) groups is 4. The van der Waals surface area contributed by atoms with Crippen molar-refractivity contribution in [1.29, 1.82) is 0 Å². The molecule has 0 aliphatic rings. The van der Waals surface area contributed by atoms with Gasteiger partial charge in [0.05, 0.1) is 52.5 Å². The molecule has 1 heterocycles. The van der Waals surface area contributed by atoms with Crippen molar-refractivity contribution >= 4 is 53.4 Å². The number of methoxy groups -OCH3 is 1. The van der Waals surface area contributed by atoms with Crippen molar-refractivity contribution in [3.05, 3.63) is 120 Å². The van der Waals surface area contributed by atoms with E-state index in [2.05, 4.69) is 74.9 Å². The van der Waals surface area contributed by atoms with Gasteiger partial charge in [-0.2, -0.15) is 0 Å². The number of unbranched alkanes of at least 4 members (excludes halogenated alkanes) is 1. The van der Waals surface area contributed by atoms with Crippen LogP contribution in [-0.4, -0.2) is 101 Å². The maximum absolute atomic E-state index is 12.8. The number of aliphatic carboxylic acids is 1. The third-order valence-corrected chi connectivity index (χ3v) is 11.0. The van der Waals surface area contributed by atoms with E-state index < -0.39 is 63.7 Å². The van der Waals surface area contributed by atoms with Crippen LogP contribution in [0.1, 0.15) is 40.0 Å². The van der Waals surface area contributed by atoms with Crippen LogP contribution in [0.4, 0.5) is 5.82 Å². The minimum Gasteiger partial charge on any atom is -0.585 e. The van der Waals surface area contributed by atoms with Crippen molar-refractivity contribution in [2.75, 3.05) is 45.4 Å². The minimum atomic E-state index is -1.31. The molecule has 0 saturated carbocycles. The normalized spacial score (nSPS) is 11.2. The molecule has 0 aliphatic heterocycles. The number of hydrogen-bond donors (Lipinski definition) is 8. The second-order valence-corrected chi connectivity index (χ2v) is 14.5. The van der Waals surface area contributed by atoms with Crippen molar-refractivity contribution in [1.82, 2.24) is 20.9 Å². The molecular weight excluding hydrogens is 813 g/mol. The Morgan fingerprint density at radius 3 is 1.80 bits per heavy atom. The second kappa shape index (κ2) is 24.7. The zero-order valence-corrected chi connectivity index (χ0v) is 33.1. The first-order chi connectivity index (χ1) is 26.1. The van der Waals surface area contributed by atoms with E-state index in [0.29, 0.717) is 37.2 Å². The molecule has 0 bridgehead atoms. The summed E-state index contributed by atoms with van der Waals surface area (Å²) in [4.78, 5) is 51.6. The molecule has 17 heteroatoms. The van der Waals surface area contributed by atoms with Crippen molar-refractivity contribution in [3.63, 3.8) is 0 Å². The Labute approximate surface area is 334 Å². The number of nitrogens with zero attached hydrogens (tertiary/aromatic N) is 1. The number of esters is 1. The first-order valence-electron chi connectivity index (χ1n) is 17.0. The first-order valence-corrected chi connectivity index (χ1v) is 18.5. The van der Waals surface area contributed by atoms with Crippen LogP contribution in [0.5, 0.6) is 0 Å². The molecule has 55 heavy (non-hydrogen) atoms. The quantitative estimate of drug-likeness (QED) is 0.0287. The molecule has 1 atom stereocenters. The molecule has 4 aromatic rings. The molecule has 2 amide bonds. The van der Waals surface area contributed by atoms with Gasteiger partial charge in [0, 0.05) is 38.4 Å². The fraction of sp³-hybridized carbons (Fsp3) is 0.289. The number of benzene rings is 3. The molecule has 295 valence electrons. The summed E-state index contributed by atoms with van der Waals surface area (Å²) in [5.41, 5.74) is 1.69. The third kappa shape index (κ3) is 14.9. The van der Waals surface area contributed by atoms with Crippen LogP contribution in [0, 0.1) is 0 Å². The summed E-state index contributed by atoms with van der Waals surface area (Å²) in [6.07, 6.45) is 2.88. The number of ether oxygens (including phenoxy) is 1. The van der Waals surface area contributed by atoms with E-state index in [-0.39, 0.29) is 31.6 Å². The maximum Gasteiger partial charge on any atom is 0.328 e. The third-order valence-electron chi connectivity index (χ3n) is 8.23. The van der Waals surface area contributed by atoms with Crippen LogP contribution in [-0.2, 0) is 34.4 Å². The number of pyridine rings is 1. The largest absolute Gasteiger partial charge is 0.585 e. The predicted molar refractivity (Wildman–Crippen MR) is 208 cm³/mol. The molecule has 1 radical (unpaired) electrons. The number of nitrogens with one attached hydrogen (secondary N) is 5. The van der Waals surface area contributed by atoms with Gasteiger partial charge in [-0.05, 0) is 79.9 Å².